The molecule has 0 amide bonds. The van der Waals surface area contributed by atoms with E-state index in [4.69, 9.17) is 0 Å². The Morgan fingerprint density at radius 3 is 2.16 bits per heavy atom. The molecule has 2 aliphatic carbocycles. The first kappa shape index (κ1) is 13.4. The largest absolute Gasteiger partial charge is 0.300 e. The zero-order valence-electron chi connectivity index (χ0n) is 12.0. The summed E-state index contributed by atoms with van der Waals surface area (Å²) in [4.78, 5) is 2.57. The molecular weight excluding hydrogens is 234 g/mol. The lowest BCUT2D eigenvalue weighted by Crippen LogP contribution is -2.55. The number of hydrogen-bond donors (Lipinski definition) is 1. The second-order valence-electron chi connectivity index (χ2n) is 6.82. The van der Waals surface area contributed by atoms with E-state index in [-0.39, 0.29) is 5.54 Å². The van der Waals surface area contributed by atoms with Gasteiger partial charge >= 0.3 is 0 Å². The van der Waals surface area contributed by atoms with Crippen LogP contribution in [0.15, 0.2) is 0 Å². The summed E-state index contributed by atoms with van der Waals surface area (Å²) in [6.45, 7) is 3.36. The van der Waals surface area contributed by atoms with E-state index in [1.165, 1.54) is 70.9 Å². The lowest BCUT2D eigenvalue weighted by Gasteiger charge is -2.35. The number of nitrogens with zero attached hydrogens (tertiary/aromatic N) is 2. The Bertz CT molecular complexity index is 332. The quantitative estimate of drug-likeness (QED) is 0.827. The molecule has 0 aromatic rings. The third-order valence-electron chi connectivity index (χ3n) is 4.93. The molecule has 106 valence electrons. The Morgan fingerprint density at radius 2 is 1.63 bits per heavy atom. The normalized spacial score (nSPS) is 29.0. The van der Waals surface area contributed by atoms with Gasteiger partial charge in [-0.1, -0.05) is 19.3 Å². The van der Waals surface area contributed by atoms with Crippen molar-refractivity contribution >= 4 is 0 Å². The molecular formula is C16H27N3. The average molecular weight is 261 g/mol. The van der Waals surface area contributed by atoms with Crippen molar-refractivity contribution in [2.45, 2.75) is 69.4 Å². The topological polar surface area (TPSA) is 39.1 Å². The summed E-state index contributed by atoms with van der Waals surface area (Å²) in [7, 11) is 0. The van der Waals surface area contributed by atoms with Gasteiger partial charge in [-0.05, 0) is 57.5 Å². The van der Waals surface area contributed by atoms with Gasteiger partial charge in [-0.3, -0.25) is 5.32 Å². The van der Waals surface area contributed by atoms with Crippen LogP contribution in [-0.4, -0.2) is 36.1 Å². The van der Waals surface area contributed by atoms with Gasteiger partial charge in [-0.25, -0.2) is 0 Å². The molecule has 3 nitrogen and oxygen atoms in total. The van der Waals surface area contributed by atoms with E-state index in [0.717, 1.165) is 6.54 Å². The molecule has 3 heteroatoms. The first-order chi connectivity index (χ1) is 9.32. The summed E-state index contributed by atoms with van der Waals surface area (Å²) in [5.74, 6) is 0.614. The number of likely N-dealkylation sites (tertiary alicyclic amines) is 1. The van der Waals surface area contributed by atoms with Crippen molar-refractivity contribution < 1.29 is 0 Å². The van der Waals surface area contributed by atoms with Crippen molar-refractivity contribution in [2.75, 3.05) is 19.6 Å². The number of nitriles is 1. The smallest absolute Gasteiger partial charge is 0.122 e. The monoisotopic (exact) mass is 261 g/mol. The first-order valence-electron chi connectivity index (χ1n) is 8.24. The maximum Gasteiger partial charge on any atom is 0.122 e. The summed E-state index contributed by atoms with van der Waals surface area (Å²) < 4.78 is 0. The molecule has 0 radical (unpaired) electrons. The third kappa shape index (κ3) is 3.49. The van der Waals surface area contributed by atoms with Crippen LogP contribution in [0.1, 0.15) is 57.8 Å². The minimum absolute atomic E-state index is 0.236. The van der Waals surface area contributed by atoms with Crippen LogP contribution in [0.4, 0.5) is 0 Å². The zero-order valence-corrected chi connectivity index (χ0v) is 12.0. The maximum atomic E-state index is 9.78. The Balaban J connectivity index is 1.63. The van der Waals surface area contributed by atoms with Crippen LogP contribution in [0, 0.1) is 17.2 Å². The fourth-order valence-corrected chi connectivity index (χ4v) is 3.44. The van der Waals surface area contributed by atoms with E-state index in [0.29, 0.717) is 12.0 Å². The molecule has 1 heterocycles. The summed E-state index contributed by atoms with van der Waals surface area (Å²) in [6.07, 6.45) is 11.8. The van der Waals surface area contributed by atoms with Crippen molar-refractivity contribution in [1.82, 2.24) is 10.2 Å². The van der Waals surface area contributed by atoms with Crippen molar-refractivity contribution in [3.63, 3.8) is 0 Å². The molecule has 3 aliphatic rings. The van der Waals surface area contributed by atoms with Crippen LogP contribution in [0.5, 0.6) is 0 Å². The van der Waals surface area contributed by atoms with E-state index < -0.39 is 0 Å². The van der Waals surface area contributed by atoms with Gasteiger partial charge in [-0.15, -0.1) is 0 Å². The predicted molar refractivity (Wildman–Crippen MR) is 76.8 cm³/mol. The fourth-order valence-electron chi connectivity index (χ4n) is 3.44. The van der Waals surface area contributed by atoms with Gasteiger partial charge in [0.1, 0.15) is 5.54 Å². The van der Waals surface area contributed by atoms with E-state index in [2.05, 4.69) is 16.3 Å². The van der Waals surface area contributed by atoms with Crippen molar-refractivity contribution in [1.29, 1.82) is 5.26 Å². The van der Waals surface area contributed by atoms with Gasteiger partial charge < -0.3 is 4.90 Å². The van der Waals surface area contributed by atoms with Gasteiger partial charge in [-0.2, -0.15) is 5.26 Å². The van der Waals surface area contributed by atoms with Gasteiger partial charge in [0.25, 0.3) is 0 Å². The predicted octanol–water partition coefficient (Wildman–Crippen LogP) is 2.68. The number of rotatable bonds is 5. The van der Waals surface area contributed by atoms with Crippen LogP contribution in [0.25, 0.3) is 0 Å². The molecule has 2 saturated carbocycles. The van der Waals surface area contributed by atoms with Gasteiger partial charge in [0.15, 0.2) is 0 Å². The van der Waals surface area contributed by atoms with Gasteiger partial charge in [0, 0.05) is 12.6 Å². The molecule has 0 aromatic heterocycles. The average Bonchev–Trinajstić information content (AvgIpc) is 3.24. The highest BCUT2D eigenvalue weighted by molar-refractivity contribution is 5.18. The number of hydrogen-bond acceptors (Lipinski definition) is 3. The second-order valence-corrected chi connectivity index (χ2v) is 6.82. The second kappa shape index (κ2) is 5.81. The highest BCUT2D eigenvalue weighted by Gasteiger charge is 2.48. The molecule has 0 aromatic carbocycles. The Hall–Kier alpha value is -0.590. The van der Waals surface area contributed by atoms with Crippen LogP contribution >= 0.6 is 0 Å². The summed E-state index contributed by atoms with van der Waals surface area (Å²) in [5.41, 5.74) is -0.236. The van der Waals surface area contributed by atoms with E-state index in [9.17, 15) is 5.26 Å². The van der Waals surface area contributed by atoms with Crippen LogP contribution in [0.2, 0.25) is 0 Å². The lowest BCUT2D eigenvalue weighted by atomic mass is 9.93. The van der Waals surface area contributed by atoms with Crippen molar-refractivity contribution in [3.8, 4) is 6.07 Å². The van der Waals surface area contributed by atoms with E-state index in [1.807, 2.05) is 0 Å². The molecule has 1 unspecified atom stereocenters. The highest BCUT2D eigenvalue weighted by atomic mass is 15.2. The van der Waals surface area contributed by atoms with Crippen LogP contribution < -0.4 is 5.32 Å². The molecule has 1 atom stereocenters. The number of nitrogens with one attached hydrogen (secondary N) is 1. The highest BCUT2D eigenvalue weighted by Crippen LogP contribution is 2.42. The van der Waals surface area contributed by atoms with Crippen LogP contribution in [0.3, 0.4) is 0 Å². The van der Waals surface area contributed by atoms with Gasteiger partial charge in [0.05, 0.1) is 6.07 Å². The van der Waals surface area contributed by atoms with Crippen LogP contribution in [-0.2, 0) is 0 Å². The molecule has 0 spiro atoms. The Labute approximate surface area is 117 Å². The third-order valence-corrected chi connectivity index (χ3v) is 4.93. The molecule has 3 fully saturated rings. The molecule has 19 heavy (non-hydrogen) atoms. The lowest BCUT2D eigenvalue weighted by molar-refractivity contribution is 0.180. The minimum atomic E-state index is -0.236. The first-order valence-corrected chi connectivity index (χ1v) is 8.24. The Morgan fingerprint density at radius 1 is 1.00 bits per heavy atom. The molecule has 0 bridgehead atoms. The Kier molecular flexibility index (Phi) is 4.10. The molecule has 3 rings (SSSR count). The minimum Gasteiger partial charge on any atom is -0.300 e. The van der Waals surface area contributed by atoms with Gasteiger partial charge in [0.2, 0.25) is 0 Å². The fraction of sp³-hybridized carbons (Fsp3) is 0.938. The molecule has 1 saturated heterocycles. The maximum absolute atomic E-state index is 9.78. The summed E-state index contributed by atoms with van der Waals surface area (Å²) in [6, 6.07) is 3.31. The standard InChI is InChI=1S/C16H27N3/c17-12-16(14-6-7-14,18-15-8-9-15)13-19-10-4-2-1-3-5-11-19/h14-15,18H,1-11,13H2. The van der Waals surface area contributed by atoms with E-state index >= 15 is 0 Å². The molecule has 1 N–H and O–H groups in total. The van der Waals surface area contributed by atoms with Crippen molar-refractivity contribution in [3.05, 3.63) is 0 Å². The summed E-state index contributed by atoms with van der Waals surface area (Å²) in [5, 5.41) is 13.5. The molecule has 1 aliphatic heterocycles. The SMILES string of the molecule is N#CC(CN1CCCCCCC1)(NC1CC1)C1CC1. The van der Waals surface area contributed by atoms with Crippen molar-refractivity contribution in [2.24, 2.45) is 5.92 Å². The van der Waals surface area contributed by atoms with E-state index in [1.54, 1.807) is 0 Å². The summed E-state index contributed by atoms with van der Waals surface area (Å²) >= 11 is 0. The zero-order chi connectivity index (χ0) is 13.1.